The van der Waals surface area contributed by atoms with Crippen molar-refractivity contribution in [3.8, 4) is 17.0 Å². The topological polar surface area (TPSA) is 48.1 Å². The molecule has 1 aromatic carbocycles. The van der Waals surface area contributed by atoms with E-state index in [1.54, 1.807) is 0 Å². The lowest BCUT2D eigenvalue weighted by Gasteiger charge is -2.24. The lowest BCUT2D eigenvalue weighted by Crippen LogP contribution is -2.15. The number of rotatable bonds is 5. The molecule has 0 aliphatic carbocycles. The lowest BCUT2D eigenvalue weighted by molar-refractivity contribution is 0.341. The third-order valence-corrected chi connectivity index (χ3v) is 4.42. The maximum absolute atomic E-state index is 5.76. The maximum Gasteiger partial charge on any atom is 0.180 e. The predicted molar refractivity (Wildman–Crippen MR) is 86.4 cm³/mol. The first-order valence-corrected chi connectivity index (χ1v) is 7.84. The van der Waals surface area contributed by atoms with Crippen molar-refractivity contribution in [2.75, 3.05) is 12.3 Å². The molecule has 20 heavy (non-hydrogen) atoms. The molecular formula is C16H22N2OS. The fourth-order valence-electron chi connectivity index (χ4n) is 2.05. The van der Waals surface area contributed by atoms with Crippen molar-refractivity contribution in [1.29, 1.82) is 0 Å². The van der Waals surface area contributed by atoms with Crippen LogP contribution in [0.25, 0.3) is 11.3 Å². The van der Waals surface area contributed by atoms with E-state index in [1.165, 1.54) is 16.9 Å². The van der Waals surface area contributed by atoms with E-state index in [1.807, 2.05) is 18.4 Å². The van der Waals surface area contributed by atoms with Gasteiger partial charge in [0.25, 0.3) is 0 Å². The zero-order valence-corrected chi connectivity index (χ0v) is 13.4. The summed E-state index contributed by atoms with van der Waals surface area (Å²) in [4.78, 5) is 4.39. The Morgan fingerprint density at radius 1 is 1.30 bits per heavy atom. The number of aromatic nitrogens is 1. The van der Waals surface area contributed by atoms with Crippen molar-refractivity contribution in [3.05, 3.63) is 29.1 Å². The van der Waals surface area contributed by atoms with Gasteiger partial charge in [-0.05, 0) is 36.5 Å². The van der Waals surface area contributed by atoms with Gasteiger partial charge in [-0.25, -0.2) is 4.98 Å². The smallest absolute Gasteiger partial charge is 0.180 e. The summed E-state index contributed by atoms with van der Waals surface area (Å²) in [5.41, 5.74) is 9.11. The largest absolute Gasteiger partial charge is 0.493 e. The maximum atomic E-state index is 5.76. The second-order valence-corrected chi connectivity index (χ2v) is 6.34. The van der Waals surface area contributed by atoms with Gasteiger partial charge < -0.3 is 10.5 Å². The number of nitrogens with zero attached hydrogens (tertiary/aromatic N) is 1. The molecule has 0 saturated heterocycles. The van der Waals surface area contributed by atoms with Crippen LogP contribution in [0.3, 0.4) is 0 Å². The Hall–Kier alpha value is -1.55. The highest BCUT2D eigenvalue weighted by atomic mass is 32.1. The van der Waals surface area contributed by atoms with Crippen LogP contribution in [0.15, 0.2) is 23.6 Å². The van der Waals surface area contributed by atoms with Crippen LogP contribution >= 0.6 is 11.3 Å². The third-order valence-electron chi connectivity index (χ3n) is 3.74. The van der Waals surface area contributed by atoms with E-state index >= 15 is 0 Å². The molecule has 1 heterocycles. The van der Waals surface area contributed by atoms with Crippen molar-refractivity contribution in [2.24, 2.45) is 0 Å². The average molecular weight is 290 g/mol. The number of thiazole rings is 1. The van der Waals surface area contributed by atoms with Crippen LogP contribution in [-0.2, 0) is 5.41 Å². The lowest BCUT2D eigenvalue weighted by atomic mass is 9.81. The molecule has 0 fully saturated rings. The molecule has 3 nitrogen and oxygen atoms in total. The highest BCUT2D eigenvalue weighted by Gasteiger charge is 2.20. The number of nitrogens with two attached hydrogens (primary N) is 1. The predicted octanol–water partition coefficient (Wildman–Crippen LogP) is 4.48. The van der Waals surface area contributed by atoms with E-state index in [0.717, 1.165) is 23.4 Å². The molecule has 4 heteroatoms. The minimum atomic E-state index is 0.140. The Labute approximate surface area is 124 Å². The molecule has 0 bridgehead atoms. The summed E-state index contributed by atoms with van der Waals surface area (Å²) < 4.78 is 5.73. The molecule has 0 amide bonds. The Morgan fingerprint density at radius 3 is 2.60 bits per heavy atom. The van der Waals surface area contributed by atoms with Gasteiger partial charge in [-0.15, -0.1) is 11.3 Å². The molecule has 0 atom stereocenters. The molecule has 0 aliphatic rings. The fraction of sp³-hybridized carbons (Fsp3) is 0.438. The minimum Gasteiger partial charge on any atom is -0.493 e. The average Bonchev–Trinajstić information content (AvgIpc) is 2.86. The first-order valence-electron chi connectivity index (χ1n) is 6.96. The quantitative estimate of drug-likeness (QED) is 0.883. The first-order chi connectivity index (χ1) is 9.47. The highest BCUT2D eigenvalue weighted by Crippen LogP contribution is 2.36. The number of ether oxygens (including phenoxy) is 1. The molecule has 0 unspecified atom stereocenters. The summed E-state index contributed by atoms with van der Waals surface area (Å²) in [6.45, 7) is 9.34. The SMILES string of the molecule is CCOc1ccc(C(C)(C)CC)cc1-c1csc(N)n1. The van der Waals surface area contributed by atoms with Gasteiger partial charge in [0.2, 0.25) is 0 Å². The zero-order valence-electron chi connectivity index (χ0n) is 12.6. The van der Waals surface area contributed by atoms with Gasteiger partial charge in [0.05, 0.1) is 12.3 Å². The molecule has 2 aromatic rings. The van der Waals surface area contributed by atoms with Gasteiger partial charge in [-0.2, -0.15) is 0 Å². The molecule has 0 aliphatic heterocycles. The van der Waals surface area contributed by atoms with Crippen LogP contribution in [-0.4, -0.2) is 11.6 Å². The van der Waals surface area contributed by atoms with E-state index in [9.17, 15) is 0 Å². The van der Waals surface area contributed by atoms with Crippen molar-refractivity contribution < 1.29 is 4.74 Å². The summed E-state index contributed by atoms with van der Waals surface area (Å²) >= 11 is 1.46. The van der Waals surface area contributed by atoms with Gasteiger partial charge in [0, 0.05) is 10.9 Å². The summed E-state index contributed by atoms with van der Waals surface area (Å²) in [6.07, 6.45) is 1.08. The van der Waals surface area contributed by atoms with E-state index < -0.39 is 0 Å². The summed E-state index contributed by atoms with van der Waals surface area (Å²) in [5.74, 6) is 0.869. The van der Waals surface area contributed by atoms with Crippen LogP contribution < -0.4 is 10.5 Å². The zero-order chi connectivity index (χ0) is 14.8. The van der Waals surface area contributed by atoms with Crippen molar-refractivity contribution >= 4 is 16.5 Å². The number of hydrogen-bond donors (Lipinski definition) is 1. The molecule has 0 saturated carbocycles. The molecule has 2 rings (SSSR count). The van der Waals surface area contributed by atoms with Crippen LogP contribution in [0.2, 0.25) is 0 Å². The van der Waals surface area contributed by atoms with Gasteiger partial charge in [0.15, 0.2) is 5.13 Å². The molecule has 108 valence electrons. The van der Waals surface area contributed by atoms with Gasteiger partial charge in [-0.1, -0.05) is 26.8 Å². The second-order valence-electron chi connectivity index (χ2n) is 5.45. The molecule has 1 aromatic heterocycles. The van der Waals surface area contributed by atoms with Gasteiger partial charge >= 0.3 is 0 Å². The highest BCUT2D eigenvalue weighted by molar-refractivity contribution is 7.13. The van der Waals surface area contributed by atoms with E-state index in [0.29, 0.717) is 11.7 Å². The monoisotopic (exact) mass is 290 g/mol. The summed E-state index contributed by atoms with van der Waals surface area (Å²) in [6, 6.07) is 6.37. The Balaban J connectivity index is 2.53. The molecule has 0 spiro atoms. The minimum absolute atomic E-state index is 0.140. The van der Waals surface area contributed by atoms with Gasteiger partial charge in [-0.3, -0.25) is 0 Å². The van der Waals surface area contributed by atoms with E-state index in [2.05, 4.69) is 37.9 Å². The van der Waals surface area contributed by atoms with Crippen LogP contribution in [0.4, 0.5) is 5.13 Å². The van der Waals surface area contributed by atoms with Crippen LogP contribution in [0, 0.1) is 0 Å². The normalized spacial score (nSPS) is 11.6. The van der Waals surface area contributed by atoms with Crippen molar-refractivity contribution in [2.45, 2.75) is 39.5 Å². The van der Waals surface area contributed by atoms with Crippen molar-refractivity contribution in [3.63, 3.8) is 0 Å². The number of anilines is 1. The van der Waals surface area contributed by atoms with Crippen LogP contribution in [0.1, 0.15) is 39.7 Å². The first kappa shape index (κ1) is 14.9. The fourth-order valence-corrected chi connectivity index (χ4v) is 2.61. The Kier molecular flexibility index (Phi) is 4.33. The third kappa shape index (κ3) is 2.96. The number of hydrogen-bond acceptors (Lipinski definition) is 4. The second kappa shape index (κ2) is 5.83. The van der Waals surface area contributed by atoms with E-state index in [-0.39, 0.29) is 5.41 Å². The summed E-state index contributed by atoms with van der Waals surface area (Å²) in [7, 11) is 0. The standard InChI is InChI=1S/C16H22N2OS/c1-5-16(3,4)11-7-8-14(19-6-2)12(9-11)13-10-20-15(17)18-13/h7-10H,5-6H2,1-4H3,(H2,17,18). The number of nitrogen functional groups attached to an aromatic ring is 1. The van der Waals surface area contributed by atoms with E-state index in [4.69, 9.17) is 10.5 Å². The Morgan fingerprint density at radius 2 is 2.05 bits per heavy atom. The molecule has 0 radical (unpaired) electrons. The van der Waals surface area contributed by atoms with Crippen molar-refractivity contribution in [1.82, 2.24) is 4.98 Å². The van der Waals surface area contributed by atoms with Crippen LogP contribution in [0.5, 0.6) is 5.75 Å². The van der Waals surface area contributed by atoms with Gasteiger partial charge in [0.1, 0.15) is 5.75 Å². The number of benzene rings is 1. The summed E-state index contributed by atoms with van der Waals surface area (Å²) in [5, 5.41) is 2.57. The molecular weight excluding hydrogens is 268 g/mol. The Bertz CT molecular complexity index is 590. The molecule has 2 N–H and O–H groups in total.